The maximum atomic E-state index is 12.5. The standard InChI is InChI=1S/C11H16F3N3O/c1-9(2,10(3,4)18)17-8-15-6-5-7(16-8)11(12,13)14/h5-6,18H,1-4H3,(H,15,16,17). The number of aliphatic hydroxyl groups is 1. The summed E-state index contributed by atoms with van der Waals surface area (Å²) in [6, 6.07) is 0.794. The van der Waals surface area contributed by atoms with Crippen LogP contribution in [0.4, 0.5) is 19.1 Å². The van der Waals surface area contributed by atoms with Crippen LogP contribution in [0.25, 0.3) is 0 Å². The molecular weight excluding hydrogens is 247 g/mol. The third kappa shape index (κ3) is 3.32. The van der Waals surface area contributed by atoms with Crippen LogP contribution in [0.1, 0.15) is 33.4 Å². The molecule has 0 atom stereocenters. The number of halogens is 3. The molecule has 0 radical (unpaired) electrons. The molecule has 0 saturated heterocycles. The normalized spacial score (nSPS) is 13.6. The quantitative estimate of drug-likeness (QED) is 0.879. The summed E-state index contributed by atoms with van der Waals surface area (Å²) in [5.41, 5.74) is -3.05. The van der Waals surface area contributed by atoms with Crippen molar-refractivity contribution in [3.63, 3.8) is 0 Å². The molecular formula is C11H16F3N3O. The topological polar surface area (TPSA) is 58.0 Å². The number of nitrogens with zero attached hydrogens (tertiary/aromatic N) is 2. The molecule has 2 N–H and O–H groups in total. The monoisotopic (exact) mass is 263 g/mol. The molecule has 0 aliphatic heterocycles. The van der Waals surface area contributed by atoms with Gasteiger partial charge in [-0.25, -0.2) is 9.97 Å². The lowest BCUT2D eigenvalue weighted by atomic mass is 9.86. The molecule has 1 aromatic rings. The molecule has 0 bridgehead atoms. The Balaban J connectivity index is 3.00. The Kier molecular flexibility index (Phi) is 3.58. The van der Waals surface area contributed by atoms with Crippen LogP contribution in [0.2, 0.25) is 0 Å². The summed E-state index contributed by atoms with van der Waals surface area (Å²) in [6.45, 7) is 6.40. The number of hydrogen-bond donors (Lipinski definition) is 2. The Morgan fingerprint density at radius 2 is 1.72 bits per heavy atom. The van der Waals surface area contributed by atoms with Crippen LogP contribution in [0.5, 0.6) is 0 Å². The Morgan fingerprint density at radius 3 is 2.17 bits per heavy atom. The van der Waals surface area contributed by atoms with E-state index in [9.17, 15) is 18.3 Å². The minimum Gasteiger partial charge on any atom is -0.388 e. The Morgan fingerprint density at radius 1 is 1.17 bits per heavy atom. The second-order valence-electron chi connectivity index (χ2n) is 5.07. The van der Waals surface area contributed by atoms with Gasteiger partial charge < -0.3 is 10.4 Å². The lowest BCUT2D eigenvalue weighted by Gasteiger charge is -2.37. The highest BCUT2D eigenvalue weighted by molar-refractivity contribution is 5.31. The van der Waals surface area contributed by atoms with E-state index in [1.165, 1.54) is 0 Å². The molecule has 1 rings (SSSR count). The highest BCUT2D eigenvalue weighted by Crippen LogP contribution is 2.29. The van der Waals surface area contributed by atoms with E-state index in [4.69, 9.17) is 0 Å². The van der Waals surface area contributed by atoms with Crippen molar-refractivity contribution < 1.29 is 18.3 Å². The molecule has 0 fully saturated rings. The molecule has 1 aromatic heterocycles. The first-order valence-electron chi connectivity index (χ1n) is 5.34. The van der Waals surface area contributed by atoms with E-state index in [0.717, 1.165) is 12.3 Å². The van der Waals surface area contributed by atoms with E-state index in [1.54, 1.807) is 27.7 Å². The first-order valence-corrected chi connectivity index (χ1v) is 5.34. The summed E-state index contributed by atoms with van der Waals surface area (Å²) in [5.74, 6) is -0.169. The van der Waals surface area contributed by atoms with Crippen molar-refractivity contribution in [3.8, 4) is 0 Å². The average Bonchev–Trinajstić information content (AvgIpc) is 2.14. The fourth-order valence-corrected chi connectivity index (χ4v) is 1.01. The molecule has 0 spiro atoms. The lowest BCUT2D eigenvalue weighted by molar-refractivity contribution is -0.141. The van der Waals surface area contributed by atoms with Crippen LogP contribution in [-0.4, -0.2) is 26.2 Å². The minimum absolute atomic E-state index is 0.169. The highest BCUT2D eigenvalue weighted by atomic mass is 19.4. The van der Waals surface area contributed by atoms with Gasteiger partial charge >= 0.3 is 6.18 Å². The number of nitrogens with one attached hydrogen (secondary N) is 1. The van der Waals surface area contributed by atoms with E-state index in [1.807, 2.05) is 0 Å². The third-order valence-corrected chi connectivity index (χ3v) is 2.90. The van der Waals surface area contributed by atoms with Gasteiger partial charge in [0.05, 0.1) is 11.1 Å². The largest absolute Gasteiger partial charge is 0.433 e. The van der Waals surface area contributed by atoms with Crippen molar-refractivity contribution in [3.05, 3.63) is 18.0 Å². The first-order chi connectivity index (χ1) is 7.93. The van der Waals surface area contributed by atoms with Crippen molar-refractivity contribution in [2.45, 2.75) is 45.0 Å². The molecule has 0 aliphatic rings. The van der Waals surface area contributed by atoms with Crippen molar-refractivity contribution >= 4 is 5.95 Å². The molecule has 7 heteroatoms. The van der Waals surface area contributed by atoms with E-state index < -0.39 is 23.0 Å². The smallest absolute Gasteiger partial charge is 0.388 e. The number of rotatable bonds is 3. The Hall–Kier alpha value is -1.37. The number of aromatic nitrogens is 2. The molecule has 0 saturated carbocycles. The minimum atomic E-state index is -4.52. The van der Waals surface area contributed by atoms with Gasteiger partial charge in [0.1, 0.15) is 5.69 Å². The van der Waals surface area contributed by atoms with Crippen molar-refractivity contribution in [2.24, 2.45) is 0 Å². The van der Waals surface area contributed by atoms with Gasteiger partial charge in [0.15, 0.2) is 0 Å². The SMILES string of the molecule is CC(C)(O)C(C)(C)Nc1nccc(C(F)(F)F)n1. The van der Waals surface area contributed by atoms with Gasteiger partial charge in [-0.1, -0.05) is 0 Å². The lowest BCUT2D eigenvalue weighted by Crippen LogP contribution is -2.51. The van der Waals surface area contributed by atoms with Crippen LogP contribution in [0.3, 0.4) is 0 Å². The average molecular weight is 263 g/mol. The fraction of sp³-hybridized carbons (Fsp3) is 0.636. The van der Waals surface area contributed by atoms with Gasteiger partial charge in [0.25, 0.3) is 0 Å². The fourth-order valence-electron chi connectivity index (χ4n) is 1.01. The second-order valence-corrected chi connectivity index (χ2v) is 5.07. The first kappa shape index (κ1) is 14.7. The van der Waals surface area contributed by atoms with E-state index in [2.05, 4.69) is 15.3 Å². The van der Waals surface area contributed by atoms with E-state index in [-0.39, 0.29) is 5.95 Å². The van der Waals surface area contributed by atoms with Crippen LogP contribution < -0.4 is 5.32 Å². The van der Waals surface area contributed by atoms with Crippen molar-refractivity contribution in [2.75, 3.05) is 5.32 Å². The van der Waals surface area contributed by atoms with Gasteiger partial charge in [-0.2, -0.15) is 13.2 Å². The summed E-state index contributed by atoms with van der Waals surface area (Å²) in [4.78, 5) is 7.10. The zero-order chi connectivity index (χ0) is 14.2. The summed E-state index contributed by atoms with van der Waals surface area (Å²) in [5, 5.41) is 12.6. The molecule has 0 aromatic carbocycles. The van der Waals surface area contributed by atoms with Crippen LogP contribution in [0, 0.1) is 0 Å². The van der Waals surface area contributed by atoms with Gasteiger partial charge in [0, 0.05) is 6.20 Å². The summed E-state index contributed by atoms with van der Waals surface area (Å²) < 4.78 is 37.4. The Bertz CT molecular complexity index is 424. The number of alkyl halides is 3. The van der Waals surface area contributed by atoms with Crippen molar-refractivity contribution in [1.82, 2.24) is 9.97 Å². The molecule has 0 aliphatic carbocycles. The van der Waals surface area contributed by atoms with Gasteiger partial charge in [-0.05, 0) is 33.8 Å². The number of anilines is 1. The van der Waals surface area contributed by atoms with Gasteiger partial charge in [0.2, 0.25) is 5.95 Å². The zero-order valence-corrected chi connectivity index (χ0v) is 10.6. The summed E-state index contributed by atoms with van der Waals surface area (Å²) in [6.07, 6.45) is -3.49. The molecule has 0 unspecified atom stereocenters. The summed E-state index contributed by atoms with van der Waals surface area (Å²) in [7, 11) is 0. The maximum Gasteiger partial charge on any atom is 0.433 e. The molecule has 0 amide bonds. The van der Waals surface area contributed by atoms with Gasteiger partial charge in [-0.3, -0.25) is 0 Å². The molecule has 102 valence electrons. The van der Waals surface area contributed by atoms with Crippen LogP contribution in [0.15, 0.2) is 12.3 Å². The second kappa shape index (κ2) is 4.38. The molecule has 4 nitrogen and oxygen atoms in total. The Labute approximate surface area is 103 Å². The molecule has 1 heterocycles. The van der Waals surface area contributed by atoms with Crippen molar-refractivity contribution in [1.29, 1.82) is 0 Å². The van der Waals surface area contributed by atoms with E-state index in [0.29, 0.717) is 0 Å². The predicted octanol–water partition coefficient (Wildman–Crippen LogP) is 2.46. The maximum absolute atomic E-state index is 12.5. The summed E-state index contributed by atoms with van der Waals surface area (Å²) >= 11 is 0. The zero-order valence-electron chi connectivity index (χ0n) is 10.6. The predicted molar refractivity (Wildman–Crippen MR) is 61.0 cm³/mol. The van der Waals surface area contributed by atoms with Crippen LogP contribution >= 0.6 is 0 Å². The van der Waals surface area contributed by atoms with Gasteiger partial charge in [-0.15, -0.1) is 0 Å². The number of hydrogen-bond acceptors (Lipinski definition) is 4. The van der Waals surface area contributed by atoms with E-state index >= 15 is 0 Å². The van der Waals surface area contributed by atoms with Crippen LogP contribution in [-0.2, 0) is 6.18 Å². The molecule has 18 heavy (non-hydrogen) atoms. The third-order valence-electron chi connectivity index (χ3n) is 2.90. The highest BCUT2D eigenvalue weighted by Gasteiger charge is 2.37.